The summed E-state index contributed by atoms with van der Waals surface area (Å²) in [4.78, 5) is 0. The van der Waals surface area contributed by atoms with Gasteiger partial charge in [-0.3, -0.25) is 0 Å². The van der Waals surface area contributed by atoms with Crippen molar-refractivity contribution in [2.75, 3.05) is 13.7 Å². The molecular weight excluding hydrogens is 210 g/mol. The molecule has 0 saturated heterocycles. The first kappa shape index (κ1) is 16.9. The predicted octanol–water partition coefficient (Wildman–Crippen LogP) is 4.14. The number of nitrogens with one attached hydrogen (secondary N) is 1. The van der Waals surface area contributed by atoms with Crippen molar-refractivity contribution in [3.8, 4) is 0 Å². The van der Waals surface area contributed by atoms with Crippen LogP contribution in [-0.4, -0.2) is 25.8 Å². The third-order valence-corrected chi connectivity index (χ3v) is 3.49. The Balaban J connectivity index is 3.43. The van der Waals surface area contributed by atoms with Gasteiger partial charge in [0, 0.05) is 12.6 Å². The number of ether oxygens (including phenoxy) is 1. The van der Waals surface area contributed by atoms with E-state index in [4.69, 9.17) is 4.74 Å². The van der Waals surface area contributed by atoms with Crippen LogP contribution in [-0.2, 0) is 4.74 Å². The molecule has 0 aliphatic carbocycles. The van der Waals surface area contributed by atoms with Crippen molar-refractivity contribution in [2.24, 2.45) is 0 Å². The molecule has 2 heteroatoms. The second kappa shape index (κ2) is 12.4. The number of hydrogen-bond donors (Lipinski definition) is 1. The lowest BCUT2D eigenvalue weighted by Crippen LogP contribution is -2.37. The van der Waals surface area contributed by atoms with E-state index in [2.05, 4.69) is 26.1 Å². The summed E-state index contributed by atoms with van der Waals surface area (Å²) in [6.07, 6.45) is 11.3. The average molecular weight is 243 g/mol. The zero-order chi connectivity index (χ0) is 12.9. The molecular formula is C15H33NO. The first-order valence-electron chi connectivity index (χ1n) is 7.55. The van der Waals surface area contributed by atoms with Gasteiger partial charge in [-0.05, 0) is 27.3 Å². The van der Waals surface area contributed by atoms with Crippen molar-refractivity contribution in [2.45, 2.75) is 84.3 Å². The third kappa shape index (κ3) is 9.61. The minimum Gasteiger partial charge on any atom is -0.377 e. The van der Waals surface area contributed by atoms with E-state index in [1.165, 1.54) is 51.4 Å². The molecule has 2 unspecified atom stereocenters. The first-order valence-corrected chi connectivity index (χ1v) is 7.55. The van der Waals surface area contributed by atoms with Crippen molar-refractivity contribution in [3.05, 3.63) is 0 Å². The highest BCUT2D eigenvalue weighted by Gasteiger charge is 2.14. The Hall–Kier alpha value is -0.0800. The Morgan fingerprint density at radius 1 is 0.941 bits per heavy atom. The van der Waals surface area contributed by atoms with Crippen LogP contribution in [0.4, 0.5) is 0 Å². The van der Waals surface area contributed by atoms with Crippen molar-refractivity contribution in [1.29, 1.82) is 0 Å². The van der Waals surface area contributed by atoms with Crippen molar-refractivity contribution < 1.29 is 4.74 Å². The summed E-state index contributed by atoms with van der Waals surface area (Å²) in [5.74, 6) is 0. The largest absolute Gasteiger partial charge is 0.377 e. The van der Waals surface area contributed by atoms with Gasteiger partial charge in [0.2, 0.25) is 0 Å². The molecule has 0 radical (unpaired) electrons. The smallest absolute Gasteiger partial charge is 0.0699 e. The maximum atomic E-state index is 5.64. The Kier molecular flexibility index (Phi) is 12.3. The van der Waals surface area contributed by atoms with Crippen molar-refractivity contribution in [1.82, 2.24) is 5.32 Å². The highest BCUT2D eigenvalue weighted by atomic mass is 16.5. The number of likely N-dealkylation sites (N-methyl/N-ethyl adjacent to an activating group) is 1. The van der Waals surface area contributed by atoms with Gasteiger partial charge >= 0.3 is 0 Å². The molecule has 0 aliphatic heterocycles. The lowest BCUT2D eigenvalue weighted by Gasteiger charge is -2.23. The average Bonchev–Trinajstić information content (AvgIpc) is 2.33. The zero-order valence-electron chi connectivity index (χ0n) is 12.4. The number of rotatable bonds is 12. The summed E-state index contributed by atoms with van der Waals surface area (Å²) in [7, 11) is 2.04. The van der Waals surface area contributed by atoms with E-state index in [0.717, 1.165) is 6.61 Å². The van der Waals surface area contributed by atoms with E-state index < -0.39 is 0 Å². The van der Waals surface area contributed by atoms with Gasteiger partial charge in [0.05, 0.1) is 6.10 Å². The van der Waals surface area contributed by atoms with E-state index in [1.54, 1.807) is 0 Å². The molecule has 104 valence electrons. The van der Waals surface area contributed by atoms with Crippen LogP contribution < -0.4 is 5.32 Å². The van der Waals surface area contributed by atoms with Crippen molar-refractivity contribution in [3.63, 3.8) is 0 Å². The van der Waals surface area contributed by atoms with E-state index in [9.17, 15) is 0 Å². The molecule has 0 aromatic rings. The molecule has 0 heterocycles. The molecule has 17 heavy (non-hydrogen) atoms. The molecule has 2 nitrogen and oxygen atoms in total. The summed E-state index contributed by atoms with van der Waals surface area (Å²) in [6.45, 7) is 7.33. The molecule has 0 spiro atoms. The zero-order valence-corrected chi connectivity index (χ0v) is 12.4. The number of unbranched alkanes of at least 4 members (excludes halogenated alkanes) is 6. The summed E-state index contributed by atoms with van der Waals surface area (Å²) in [6, 6.07) is 0.519. The van der Waals surface area contributed by atoms with Gasteiger partial charge in [0.25, 0.3) is 0 Å². The Labute approximate surface area is 109 Å². The maximum absolute atomic E-state index is 5.64. The van der Waals surface area contributed by atoms with Gasteiger partial charge in [0.15, 0.2) is 0 Å². The molecule has 0 bridgehead atoms. The summed E-state index contributed by atoms with van der Waals surface area (Å²) in [5, 5.41) is 3.37. The Morgan fingerprint density at radius 2 is 1.53 bits per heavy atom. The molecule has 0 rings (SSSR count). The summed E-state index contributed by atoms with van der Waals surface area (Å²) < 4.78 is 5.64. The second-order valence-corrected chi connectivity index (χ2v) is 4.97. The molecule has 0 aromatic heterocycles. The van der Waals surface area contributed by atoms with Crippen molar-refractivity contribution >= 4 is 0 Å². The van der Waals surface area contributed by atoms with Crippen LogP contribution in [0.5, 0.6) is 0 Å². The molecule has 0 aliphatic rings. The van der Waals surface area contributed by atoms with Crippen LogP contribution >= 0.6 is 0 Å². The van der Waals surface area contributed by atoms with Gasteiger partial charge in [-0.25, -0.2) is 0 Å². The Bertz CT molecular complexity index is 150. The second-order valence-electron chi connectivity index (χ2n) is 4.97. The molecule has 1 N–H and O–H groups in total. The lowest BCUT2D eigenvalue weighted by molar-refractivity contribution is 0.0466. The fraction of sp³-hybridized carbons (Fsp3) is 1.00. The fourth-order valence-electron chi connectivity index (χ4n) is 2.31. The van der Waals surface area contributed by atoms with Crippen LogP contribution in [0.25, 0.3) is 0 Å². The van der Waals surface area contributed by atoms with Crippen LogP contribution in [0, 0.1) is 0 Å². The van der Waals surface area contributed by atoms with Crippen LogP contribution in [0.2, 0.25) is 0 Å². The van der Waals surface area contributed by atoms with E-state index in [-0.39, 0.29) is 0 Å². The van der Waals surface area contributed by atoms with Gasteiger partial charge in [-0.15, -0.1) is 0 Å². The van der Waals surface area contributed by atoms with Gasteiger partial charge in [-0.2, -0.15) is 0 Å². The van der Waals surface area contributed by atoms with Crippen LogP contribution in [0.1, 0.15) is 72.1 Å². The first-order chi connectivity index (χ1) is 8.26. The summed E-state index contributed by atoms with van der Waals surface area (Å²) >= 11 is 0. The van der Waals surface area contributed by atoms with Crippen LogP contribution in [0.15, 0.2) is 0 Å². The van der Waals surface area contributed by atoms with Crippen LogP contribution in [0.3, 0.4) is 0 Å². The molecule has 0 aromatic carbocycles. The molecule has 2 atom stereocenters. The standard InChI is InChI=1S/C15H33NO/c1-5-7-8-9-10-11-12-13-15(16-4)14(3)17-6-2/h14-16H,5-13H2,1-4H3. The highest BCUT2D eigenvalue weighted by Crippen LogP contribution is 2.12. The Morgan fingerprint density at radius 3 is 2.06 bits per heavy atom. The predicted molar refractivity (Wildman–Crippen MR) is 76.5 cm³/mol. The van der Waals surface area contributed by atoms with E-state index in [1.807, 2.05) is 7.05 Å². The summed E-state index contributed by atoms with van der Waals surface area (Å²) in [5.41, 5.74) is 0. The lowest BCUT2D eigenvalue weighted by atomic mass is 10.0. The molecule has 0 amide bonds. The monoisotopic (exact) mass is 243 g/mol. The SMILES string of the molecule is CCCCCCCCCC(NC)C(C)OCC. The van der Waals surface area contributed by atoms with E-state index >= 15 is 0 Å². The maximum Gasteiger partial charge on any atom is 0.0699 e. The van der Waals surface area contributed by atoms with Gasteiger partial charge in [-0.1, -0.05) is 51.9 Å². The minimum atomic E-state index is 0.338. The van der Waals surface area contributed by atoms with Gasteiger partial charge < -0.3 is 10.1 Å². The topological polar surface area (TPSA) is 21.3 Å². The third-order valence-electron chi connectivity index (χ3n) is 3.49. The minimum absolute atomic E-state index is 0.338. The van der Waals surface area contributed by atoms with Gasteiger partial charge in [0.1, 0.15) is 0 Å². The fourth-order valence-corrected chi connectivity index (χ4v) is 2.31. The highest BCUT2D eigenvalue weighted by molar-refractivity contribution is 4.71. The molecule has 0 saturated carbocycles. The normalized spacial score (nSPS) is 14.8. The molecule has 0 fully saturated rings. The van der Waals surface area contributed by atoms with E-state index in [0.29, 0.717) is 12.1 Å². The number of hydrogen-bond acceptors (Lipinski definition) is 2. The quantitative estimate of drug-likeness (QED) is 0.520.